The average molecular weight is 766 g/mol. The lowest BCUT2D eigenvalue weighted by Gasteiger charge is -2.27. The summed E-state index contributed by atoms with van der Waals surface area (Å²) >= 11 is 0. The molecule has 8 rings (SSSR count). The Bertz CT molecular complexity index is 2520. The fourth-order valence-corrected chi connectivity index (χ4v) is 6.68. The Labute approximate surface area is 343 Å². The van der Waals surface area contributed by atoms with Gasteiger partial charge in [-0.2, -0.15) is 0 Å². The summed E-state index contributed by atoms with van der Waals surface area (Å²) < 4.78 is 0. The summed E-state index contributed by atoms with van der Waals surface area (Å²) in [4.78, 5) is 43.8. The largest absolute Gasteiger partial charge is 0.354 e. The number of amides is 2. The molecule has 0 spiro atoms. The van der Waals surface area contributed by atoms with E-state index < -0.39 is 0 Å². The second kappa shape index (κ2) is 18.2. The molecule has 0 unspecified atom stereocenters. The summed E-state index contributed by atoms with van der Waals surface area (Å²) in [5.74, 6) is 0.300. The van der Waals surface area contributed by atoms with Crippen LogP contribution < -0.4 is 15.1 Å². The van der Waals surface area contributed by atoms with Crippen molar-refractivity contribution in [2.45, 2.75) is 0 Å². The molecule has 0 aliphatic carbocycles. The van der Waals surface area contributed by atoms with Gasteiger partial charge < -0.3 is 5.32 Å². The topological polar surface area (TPSA) is 77.4 Å². The Morgan fingerprint density at radius 1 is 0.339 bits per heavy atom. The van der Waals surface area contributed by atoms with Gasteiger partial charge in [0.1, 0.15) is 11.7 Å². The molecule has 284 valence electrons. The van der Waals surface area contributed by atoms with E-state index in [9.17, 15) is 0 Å². The second-order valence-electron chi connectivity index (χ2n) is 13.4. The summed E-state index contributed by atoms with van der Waals surface area (Å²) in [7, 11) is 0. The number of hydrogen-bond acceptors (Lipinski definition) is 5. The molecule has 8 aromatic carbocycles. The number of hydrogen-bond donors (Lipinski definition) is 1. The van der Waals surface area contributed by atoms with E-state index in [0.29, 0.717) is 56.9 Å². The highest BCUT2D eigenvalue weighted by Crippen LogP contribution is 2.31. The lowest BCUT2D eigenvalue weighted by atomic mass is 10.1. The maximum Gasteiger partial charge on any atom is 0.266 e. The third-order valence-corrected chi connectivity index (χ3v) is 9.49. The predicted octanol–water partition coefficient (Wildman–Crippen LogP) is 12.3. The van der Waals surface area contributed by atoms with Crippen LogP contribution in [0.3, 0.4) is 0 Å². The van der Waals surface area contributed by atoms with Gasteiger partial charge in [-0.15, -0.1) is 0 Å². The molecule has 0 heterocycles. The maximum absolute atomic E-state index is 15.2. The van der Waals surface area contributed by atoms with Crippen LogP contribution in [0, 0.1) is 0 Å². The standard InChI is InChI=1S/C52H39N5O2/c58-51(56(43-31-15-5-16-32-43)49(39-23-7-1-8-24-39)53-41-27-11-3-12-28-41)45-35-19-21-37-47(45)55-48-38-22-20-36-46(48)52(59)57(44-33-17-6-18-34-44)50(40-25-9-2-10-26-40)54-42-29-13-4-14-30-42/h1-38,55H. The van der Waals surface area contributed by atoms with Crippen LogP contribution in [0.1, 0.15) is 31.8 Å². The number of rotatable bonds is 10. The monoisotopic (exact) mass is 765 g/mol. The van der Waals surface area contributed by atoms with Crippen molar-refractivity contribution in [1.29, 1.82) is 0 Å². The van der Waals surface area contributed by atoms with E-state index in [0.717, 1.165) is 11.1 Å². The number of anilines is 4. The van der Waals surface area contributed by atoms with E-state index in [1.165, 1.54) is 0 Å². The first kappa shape index (κ1) is 37.7. The van der Waals surface area contributed by atoms with Gasteiger partial charge >= 0.3 is 0 Å². The number of aliphatic imine (C=N–C) groups is 2. The normalized spacial score (nSPS) is 11.4. The molecule has 0 atom stereocenters. The molecule has 0 aliphatic rings. The summed E-state index contributed by atoms with van der Waals surface area (Å²) in [6.07, 6.45) is 0. The molecule has 0 fully saturated rings. The Hall–Kier alpha value is -8.16. The molecule has 0 aromatic heterocycles. The van der Waals surface area contributed by atoms with Crippen molar-refractivity contribution < 1.29 is 9.59 Å². The van der Waals surface area contributed by atoms with Gasteiger partial charge in [-0.3, -0.25) is 19.4 Å². The first-order valence-electron chi connectivity index (χ1n) is 19.3. The highest BCUT2D eigenvalue weighted by Gasteiger charge is 2.29. The van der Waals surface area contributed by atoms with Crippen molar-refractivity contribution in [3.05, 3.63) is 253 Å². The Morgan fingerprint density at radius 3 is 0.983 bits per heavy atom. The minimum Gasteiger partial charge on any atom is -0.354 e. The van der Waals surface area contributed by atoms with Gasteiger partial charge in [-0.25, -0.2) is 9.98 Å². The lowest BCUT2D eigenvalue weighted by molar-refractivity contribution is 0.0995. The summed E-state index contributed by atoms with van der Waals surface area (Å²) in [6, 6.07) is 72.2. The molecule has 0 saturated carbocycles. The van der Waals surface area contributed by atoms with Gasteiger partial charge in [-0.05, 0) is 72.8 Å². The fourth-order valence-electron chi connectivity index (χ4n) is 6.68. The lowest BCUT2D eigenvalue weighted by Crippen LogP contribution is -2.38. The van der Waals surface area contributed by atoms with E-state index in [4.69, 9.17) is 9.98 Å². The Kier molecular flexibility index (Phi) is 11.6. The zero-order valence-electron chi connectivity index (χ0n) is 32.0. The average Bonchev–Trinajstić information content (AvgIpc) is 3.31. The van der Waals surface area contributed by atoms with Gasteiger partial charge in [0.25, 0.3) is 11.8 Å². The predicted molar refractivity (Wildman–Crippen MR) is 241 cm³/mol. The van der Waals surface area contributed by atoms with E-state index in [-0.39, 0.29) is 11.8 Å². The van der Waals surface area contributed by atoms with Gasteiger partial charge in [0.05, 0.1) is 45.3 Å². The Morgan fingerprint density at radius 2 is 0.627 bits per heavy atom. The third kappa shape index (κ3) is 8.80. The van der Waals surface area contributed by atoms with Crippen molar-refractivity contribution in [3.8, 4) is 0 Å². The summed E-state index contributed by atoms with van der Waals surface area (Å²) in [6.45, 7) is 0. The molecule has 7 heteroatoms. The first-order chi connectivity index (χ1) is 29.1. The van der Waals surface area contributed by atoms with Crippen molar-refractivity contribution in [2.75, 3.05) is 15.1 Å². The molecular formula is C52H39N5O2. The molecule has 59 heavy (non-hydrogen) atoms. The van der Waals surface area contributed by atoms with Crippen LogP contribution in [-0.2, 0) is 0 Å². The van der Waals surface area contributed by atoms with Gasteiger partial charge in [0, 0.05) is 11.1 Å². The van der Waals surface area contributed by atoms with Crippen molar-refractivity contribution in [1.82, 2.24) is 0 Å². The van der Waals surface area contributed by atoms with Gasteiger partial charge in [0.2, 0.25) is 0 Å². The SMILES string of the molecule is O=C(c1ccccc1Nc1ccccc1C(=O)N(C(=Nc1ccccc1)c1ccccc1)c1ccccc1)N(C(=Nc1ccccc1)c1ccccc1)c1ccccc1. The van der Waals surface area contributed by atoms with Crippen molar-refractivity contribution in [2.24, 2.45) is 9.98 Å². The number of nitrogens with zero attached hydrogens (tertiary/aromatic N) is 4. The molecule has 0 saturated heterocycles. The smallest absolute Gasteiger partial charge is 0.266 e. The first-order valence-corrected chi connectivity index (χ1v) is 19.3. The minimum absolute atomic E-state index is 0.311. The van der Waals surface area contributed by atoms with Crippen molar-refractivity contribution in [3.63, 3.8) is 0 Å². The fraction of sp³-hybridized carbons (Fsp3) is 0. The molecule has 8 aromatic rings. The van der Waals surface area contributed by atoms with Crippen LogP contribution in [0.2, 0.25) is 0 Å². The quantitative estimate of drug-likeness (QED) is 0.111. The van der Waals surface area contributed by atoms with Crippen LogP contribution in [0.15, 0.2) is 241 Å². The molecule has 0 radical (unpaired) electrons. The molecular weight excluding hydrogens is 727 g/mol. The number of carbonyl (C=O) groups excluding carboxylic acids is 2. The number of para-hydroxylation sites is 6. The van der Waals surface area contributed by atoms with E-state index in [1.807, 2.05) is 218 Å². The zero-order chi connectivity index (χ0) is 40.2. The molecule has 1 N–H and O–H groups in total. The number of benzene rings is 8. The second-order valence-corrected chi connectivity index (χ2v) is 13.4. The maximum atomic E-state index is 15.2. The van der Waals surface area contributed by atoms with Gasteiger partial charge in [-0.1, -0.05) is 158 Å². The third-order valence-electron chi connectivity index (χ3n) is 9.49. The van der Waals surface area contributed by atoms with Crippen molar-refractivity contribution >= 4 is 57.6 Å². The number of nitrogens with one attached hydrogen (secondary N) is 1. The van der Waals surface area contributed by atoms with E-state index in [1.54, 1.807) is 21.9 Å². The zero-order valence-corrected chi connectivity index (χ0v) is 32.0. The minimum atomic E-state index is -0.311. The molecule has 2 amide bonds. The van der Waals surface area contributed by atoms with Crippen LogP contribution >= 0.6 is 0 Å². The highest BCUT2D eigenvalue weighted by molar-refractivity contribution is 6.30. The summed E-state index contributed by atoms with van der Waals surface area (Å²) in [5.41, 5.74) is 6.01. The number of amidine groups is 2. The van der Waals surface area contributed by atoms with Crippen LogP contribution in [-0.4, -0.2) is 23.5 Å². The summed E-state index contributed by atoms with van der Waals surface area (Å²) in [5, 5.41) is 3.50. The Balaban J connectivity index is 1.22. The molecule has 0 bridgehead atoms. The van der Waals surface area contributed by atoms with E-state index >= 15 is 9.59 Å². The molecule has 0 aliphatic heterocycles. The van der Waals surface area contributed by atoms with Crippen LogP contribution in [0.4, 0.5) is 34.1 Å². The number of carbonyl (C=O) groups is 2. The molecule has 7 nitrogen and oxygen atoms in total. The van der Waals surface area contributed by atoms with Gasteiger partial charge in [0.15, 0.2) is 0 Å². The highest BCUT2D eigenvalue weighted by atomic mass is 16.2. The van der Waals surface area contributed by atoms with E-state index in [2.05, 4.69) is 5.32 Å². The van der Waals surface area contributed by atoms with Crippen LogP contribution in [0.25, 0.3) is 0 Å². The van der Waals surface area contributed by atoms with Crippen LogP contribution in [0.5, 0.6) is 0 Å².